The highest BCUT2D eigenvalue weighted by molar-refractivity contribution is 6.31. The summed E-state index contributed by atoms with van der Waals surface area (Å²) in [6.45, 7) is 4.39. The summed E-state index contributed by atoms with van der Waals surface area (Å²) in [4.78, 5) is 13.3. The smallest absolute Gasteiger partial charge is 0.307 e. The first-order valence-corrected chi connectivity index (χ1v) is 6.62. The normalized spacial score (nSPS) is 25.0. The van der Waals surface area contributed by atoms with Crippen LogP contribution < -0.4 is 0 Å². The Morgan fingerprint density at radius 3 is 2.83 bits per heavy atom. The number of aliphatic carboxylic acids is 1. The molecule has 0 spiro atoms. The Bertz CT molecular complexity index is 436. The SMILES string of the molecule is CC1CC(C(=O)O)CN(Cc2ccccc2Cl)C1. The molecule has 98 valence electrons. The molecular weight excluding hydrogens is 250 g/mol. The molecule has 1 aliphatic heterocycles. The van der Waals surface area contributed by atoms with Crippen LogP contribution in [0.4, 0.5) is 0 Å². The Labute approximate surface area is 112 Å². The standard InChI is InChI=1S/C14H18ClNO2/c1-10-6-12(14(17)18)9-16(7-10)8-11-4-2-3-5-13(11)15/h2-5,10,12H,6-9H2,1H3,(H,17,18). The Kier molecular flexibility index (Phi) is 4.25. The van der Waals surface area contributed by atoms with Gasteiger partial charge in [0.25, 0.3) is 0 Å². The van der Waals surface area contributed by atoms with Crippen molar-refractivity contribution in [2.45, 2.75) is 19.9 Å². The van der Waals surface area contributed by atoms with Crippen molar-refractivity contribution in [3.63, 3.8) is 0 Å². The first kappa shape index (κ1) is 13.4. The average molecular weight is 268 g/mol. The van der Waals surface area contributed by atoms with Crippen LogP contribution in [0, 0.1) is 11.8 Å². The highest BCUT2D eigenvalue weighted by Crippen LogP contribution is 2.25. The molecule has 1 aliphatic rings. The molecule has 1 heterocycles. The van der Waals surface area contributed by atoms with Crippen molar-refractivity contribution in [3.8, 4) is 0 Å². The topological polar surface area (TPSA) is 40.5 Å². The number of likely N-dealkylation sites (tertiary alicyclic amines) is 1. The Morgan fingerprint density at radius 1 is 1.44 bits per heavy atom. The maximum absolute atomic E-state index is 11.1. The van der Waals surface area contributed by atoms with Gasteiger partial charge in [0.15, 0.2) is 0 Å². The molecule has 2 unspecified atom stereocenters. The molecule has 1 aromatic rings. The van der Waals surface area contributed by atoms with Gasteiger partial charge >= 0.3 is 5.97 Å². The summed E-state index contributed by atoms with van der Waals surface area (Å²) in [5.41, 5.74) is 1.07. The maximum Gasteiger partial charge on any atom is 0.307 e. The Morgan fingerprint density at radius 2 is 2.17 bits per heavy atom. The molecular formula is C14H18ClNO2. The number of carbonyl (C=O) groups is 1. The minimum atomic E-state index is -0.689. The predicted octanol–water partition coefficient (Wildman–Crippen LogP) is 2.88. The van der Waals surface area contributed by atoms with E-state index in [2.05, 4.69) is 11.8 Å². The first-order valence-electron chi connectivity index (χ1n) is 6.25. The van der Waals surface area contributed by atoms with E-state index in [0.717, 1.165) is 30.1 Å². The zero-order valence-electron chi connectivity index (χ0n) is 10.5. The summed E-state index contributed by atoms with van der Waals surface area (Å²) in [6, 6.07) is 7.74. The van der Waals surface area contributed by atoms with E-state index in [1.54, 1.807) is 0 Å². The number of carboxylic acid groups (broad SMARTS) is 1. The summed E-state index contributed by atoms with van der Waals surface area (Å²) >= 11 is 6.14. The summed E-state index contributed by atoms with van der Waals surface area (Å²) in [7, 11) is 0. The molecule has 0 saturated carbocycles. The van der Waals surface area contributed by atoms with Gasteiger partial charge in [0.1, 0.15) is 0 Å². The molecule has 2 rings (SSSR count). The second kappa shape index (κ2) is 5.72. The fraction of sp³-hybridized carbons (Fsp3) is 0.500. The van der Waals surface area contributed by atoms with Crippen LogP contribution in [0.1, 0.15) is 18.9 Å². The van der Waals surface area contributed by atoms with Crippen molar-refractivity contribution in [1.29, 1.82) is 0 Å². The van der Waals surface area contributed by atoms with Gasteiger partial charge in [-0.15, -0.1) is 0 Å². The van der Waals surface area contributed by atoms with Gasteiger partial charge in [-0.25, -0.2) is 0 Å². The molecule has 0 bridgehead atoms. The Balaban J connectivity index is 2.05. The van der Waals surface area contributed by atoms with Crippen LogP contribution >= 0.6 is 11.6 Å². The number of hydrogen-bond acceptors (Lipinski definition) is 2. The van der Waals surface area contributed by atoms with Gasteiger partial charge in [-0.3, -0.25) is 9.69 Å². The largest absolute Gasteiger partial charge is 0.481 e. The van der Waals surface area contributed by atoms with Gasteiger partial charge in [0, 0.05) is 24.7 Å². The van der Waals surface area contributed by atoms with Crippen LogP contribution in [0.25, 0.3) is 0 Å². The maximum atomic E-state index is 11.1. The average Bonchev–Trinajstić information content (AvgIpc) is 2.31. The van der Waals surface area contributed by atoms with Gasteiger partial charge in [-0.2, -0.15) is 0 Å². The molecule has 0 amide bonds. The third-order valence-electron chi connectivity index (χ3n) is 3.44. The van der Waals surface area contributed by atoms with E-state index in [-0.39, 0.29) is 5.92 Å². The second-order valence-electron chi connectivity index (χ2n) is 5.16. The van der Waals surface area contributed by atoms with Crippen LogP contribution in [0.3, 0.4) is 0 Å². The molecule has 1 saturated heterocycles. The molecule has 4 heteroatoms. The minimum Gasteiger partial charge on any atom is -0.481 e. The zero-order chi connectivity index (χ0) is 13.1. The summed E-state index contributed by atoms with van der Waals surface area (Å²) in [6.07, 6.45) is 0.772. The van der Waals surface area contributed by atoms with Crippen molar-refractivity contribution in [3.05, 3.63) is 34.9 Å². The van der Waals surface area contributed by atoms with Crippen LogP contribution in [0.2, 0.25) is 5.02 Å². The lowest BCUT2D eigenvalue weighted by Crippen LogP contribution is -2.41. The van der Waals surface area contributed by atoms with E-state index in [1.165, 1.54) is 0 Å². The summed E-state index contributed by atoms with van der Waals surface area (Å²) in [5.74, 6) is -0.524. The van der Waals surface area contributed by atoms with Crippen LogP contribution in [0.15, 0.2) is 24.3 Å². The quantitative estimate of drug-likeness (QED) is 0.916. The fourth-order valence-corrected chi connectivity index (χ4v) is 2.83. The van der Waals surface area contributed by atoms with Crippen molar-refractivity contribution < 1.29 is 9.90 Å². The molecule has 3 nitrogen and oxygen atoms in total. The molecule has 1 N–H and O–H groups in total. The highest BCUT2D eigenvalue weighted by atomic mass is 35.5. The number of carboxylic acids is 1. The van der Waals surface area contributed by atoms with E-state index in [9.17, 15) is 4.79 Å². The molecule has 0 aromatic heterocycles. The van der Waals surface area contributed by atoms with Gasteiger partial charge in [-0.1, -0.05) is 36.7 Å². The predicted molar refractivity (Wildman–Crippen MR) is 71.6 cm³/mol. The number of piperidine rings is 1. The molecule has 0 aliphatic carbocycles. The summed E-state index contributed by atoms with van der Waals surface area (Å²) in [5, 5.41) is 9.89. The van der Waals surface area contributed by atoms with Crippen molar-refractivity contribution >= 4 is 17.6 Å². The fourth-order valence-electron chi connectivity index (χ4n) is 2.64. The van der Waals surface area contributed by atoms with Crippen LogP contribution in [-0.2, 0) is 11.3 Å². The lowest BCUT2D eigenvalue weighted by Gasteiger charge is -2.34. The molecule has 18 heavy (non-hydrogen) atoms. The van der Waals surface area contributed by atoms with Gasteiger partial charge in [0.05, 0.1) is 5.92 Å². The molecule has 1 aromatic carbocycles. The van der Waals surface area contributed by atoms with E-state index in [4.69, 9.17) is 16.7 Å². The first-order chi connectivity index (χ1) is 8.56. The monoisotopic (exact) mass is 267 g/mol. The summed E-state index contributed by atoms with van der Waals surface area (Å²) < 4.78 is 0. The molecule has 2 atom stereocenters. The lowest BCUT2D eigenvalue weighted by atomic mass is 9.90. The minimum absolute atomic E-state index is 0.253. The van der Waals surface area contributed by atoms with Gasteiger partial charge < -0.3 is 5.11 Å². The third kappa shape index (κ3) is 3.24. The van der Waals surface area contributed by atoms with Crippen LogP contribution in [0.5, 0.6) is 0 Å². The van der Waals surface area contributed by atoms with Crippen molar-refractivity contribution in [2.24, 2.45) is 11.8 Å². The van der Waals surface area contributed by atoms with E-state index >= 15 is 0 Å². The number of rotatable bonds is 3. The van der Waals surface area contributed by atoms with E-state index in [0.29, 0.717) is 12.5 Å². The number of nitrogens with zero attached hydrogens (tertiary/aromatic N) is 1. The molecule has 1 fully saturated rings. The molecule has 0 radical (unpaired) electrons. The zero-order valence-corrected chi connectivity index (χ0v) is 11.2. The number of benzene rings is 1. The second-order valence-corrected chi connectivity index (χ2v) is 5.57. The third-order valence-corrected chi connectivity index (χ3v) is 3.81. The number of halogens is 1. The van der Waals surface area contributed by atoms with Gasteiger partial charge in [0.2, 0.25) is 0 Å². The highest BCUT2D eigenvalue weighted by Gasteiger charge is 2.29. The van der Waals surface area contributed by atoms with Crippen LogP contribution in [-0.4, -0.2) is 29.1 Å². The van der Waals surface area contributed by atoms with E-state index < -0.39 is 5.97 Å². The Hall–Kier alpha value is -1.06. The van der Waals surface area contributed by atoms with E-state index in [1.807, 2.05) is 24.3 Å². The van der Waals surface area contributed by atoms with Gasteiger partial charge in [-0.05, 0) is 24.0 Å². The lowest BCUT2D eigenvalue weighted by molar-refractivity contribution is -0.144. The van der Waals surface area contributed by atoms with Crippen molar-refractivity contribution in [2.75, 3.05) is 13.1 Å². The number of hydrogen-bond donors (Lipinski definition) is 1. The van der Waals surface area contributed by atoms with Crippen molar-refractivity contribution in [1.82, 2.24) is 4.90 Å².